The molecule has 1 aromatic carbocycles. The Hall–Kier alpha value is -2.29. The number of anilines is 1. The van der Waals surface area contributed by atoms with Crippen molar-refractivity contribution in [3.05, 3.63) is 54.1 Å². The molecule has 3 amide bonds. The summed E-state index contributed by atoms with van der Waals surface area (Å²) in [5.41, 5.74) is 1.43. The van der Waals surface area contributed by atoms with Gasteiger partial charge in [-0.3, -0.25) is 14.4 Å². The van der Waals surface area contributed by atoms with Gasteiger partial charge in [-0.25, -0.2) is 0 Å². The van der Waals surface area contributed by atoms with E-state index < -0.39 is 28.7 Å². The number of carbonyl (C=O) groups excluding carboxylic acids is 3. The zero-order valence-electron chi connectivity index (χ0n) is 22.6. The van der Waals surface area contributed by atoms with Gasteiger partial charge in [0, 0.05) is 25.4 Å². The number of likely N-dealkylation sites (N-methyl/N-ethyl adjacent to an activating group) is 1. The molecule has 2 bridgehead atoms. The van der Waals surface area contributed by atoms with Crippen molar-refractivity contribution >= 4 is 46.8 Å². The molecule has 0 aromatic heterocycles. The van der Waals surface area contributed by atoms with Crippen LogP contribution in [0.2, 0.25) is 5.02 Å². The molecule has 7 nitrogen and oxygen atoms in total. The third kappa shape index (κ3) is 4.20. The van der Waals surface area contributed by atoms with Crippen molar-refractivity contribution < 1.29 is 19.5 Å². The maximum Gasteiger partial charge on any atom is 0.251 e. The number of hydrogen-bond donors (Lipinski definition) is 1. The van der Waals surface area contributed by atoms with Crippen LogP contribution in [-0.2, 0) is 14.4 Å². The van der Waals surface area contributed by atoms with Crippen LogP contribution in [0, 0.1) is 24.7 Å². The number of benzene rings is 1. The molecule has 4 rings (SSSR count). The van der Waals surface area contributed by atoms with Crippen LogP contribution >= 0.6 is 23.4 Å². The predicted octanol–water partition coefficient (Wildman–Crippen LogP) is 3.92. The molecule has 3 aliphatic heterocycles. The first-order valence-corrected chi connectivity index (χ1v) is 14.5. The van der Waals surface area contributed by atoms with Gasteiger partial charge in [0.15, 0.2) is 0 Å². The van der Waals surface area contributed by atoms with E-state index in [-0.39, 0.29) is 42.0 Å². The predicted molar refractivity (Wildman–Crippen MR) is 153 cm³/mol. The highest BCUT2D eigenvalue weighted by atomic mass is 35.5. The second-order valence-electron chi connectivity index (χ2n) is 10.7. The number of aliphatic hydroxyl groups is 1. The van der Waals surface area contributed by atoms with Crippen LogP contribution in [0.5, 0.6) is 0 Å². The van der Waals surface area contributed by atoms with Crippen LogP contribution in [0.1, 0.15) is 32.3 Å². The number of fused-ring (bicyclic) bond motifs is 1. The highest BCUT2D eigenvalue weighted by molar-refractivity contribution is 8.02. The van der Waals surface area contributed by atoms with Crippen LogP contribution < -0.4 is 4.90 Å². The standard InChI is InChI=1S/C29H38ClN3O4S/c1-7-13-31(6)26(35)22-21-15-18(5)29(38-21)23(22)27(36)33(19(9-3)16-34)25(29)28(37)32(14-8-2)24-17(4)11-10-12-20(24)30/h7-8,10-12,18-19,21-23,25,34H,1-2,9,13-16H2,3-6H3/t18?,19-,21-,22+,23-,25?,29?/m0/s1. The summed E-state index contributed by atoms with van der Waals surface area (Å²) in [6.07, 6.45) is 4.55. The summed E-state index contributed by atoms with van der Waals surface area (Å²) in [4.78, 5) is 47.6. The summed E-state index contributed by atoms with van der Waals surface area (Å²) in [6.45, 7) is 13.8. The van der Waals surface area contributed by atoms with E-state index >= 15 is 0 Å². The van der Waals surface area contributed by atoms with Crippen molar-refractivity contribution in [3.8, 4) is 0 Å². The molecular weight excluding hydrogens is 522 g/mol. The first-order valence-electron chi connectivity index (χ1n) is 13.2. The second-order valence-corrected chi connectivity index (χ2v) is 12.6. The number of aliphatic hydroxyl groups excluding tert-OH is 1. The fraction of sp³-hybridized carbons (Fsp3) is 0.552. The molecule has 3 unspecified atom stereocenters. The third-order valence-electron chi connectivity index (χ3n) is 8.59. The largest absolute Gasteiger partial charge is 0.394 e. The topological polar surface area (TPSA) is 81.2 Å². The Labute approximate surface area is 234 Å². The highest BCUT2D eigenvalue weighted by Crippen LogP contribution is 2.69. The lowest BCUT2D eigenvalue weighted by Gasteiger charge is -2.42. The normalized spacial score (nSPS) is 30.2. The molecule has 38 heavy (non-hydrogen) atoms. The van der Waals surface area contributed by atoms with Gasteiger partial charge < -0.3 is 19.8 Å². The van der Waals surface area contributed by atoms with Crippen LogP contribution in [0.3, 0.4) is 0 Å². The minimum absolute atomic E-state index is 0.0216. The van der Waals surface area contributed by atoms with Crippen LogP contribution in [0.4, 0.5) is 5.69 Å². The van der Waals surface area contributed by atoms with E-state index in [0.717, 1.165) is 12.0 Å². The van der Waals surface area contributed by atoms with Gasteiger partial charge in [-0.15, -0.1) is 24.9 Å². The Kier molecular flexibility index (Phi) is 8.36. The van der Waals surface area contributed by atoms with Crippen molar-refractivity contribution in [1.29, 1.82) is 0 Å². The summed E-state index contributed by atoms with van der Waals surface area (Å²) in [6, 6.07) is 4.09. The zero-order chi connectivity index (χ0) is 27.9. The van der Waals surface area contributed by atoms with E-state index in [4.69, 9.17) is 11.6 Å². The fourth-order valence-electron chi connectivity index (χ4n) is 6.90. The number of halogens is 1. The summed E-state index contributed by atoms with van der Waals surface area (Å²) < 4.78 is -0.786. The lowest BCUT2D eigenvalue weighted by molar-refractivity contribution is -0.145. The summed E-state index contributed by atoms with van der Waals surface area (Å²) in [7, 11) is 1.73. The lowest BCUT2D eigenvalue weighted by atomic mass is 9.65. The quantitative estimate of drug-likeness (QED) is 0.439. The number of likely N-dealkylation sites (tertiary alicyclic amines) is 1. The minimum Gasteiger partial charge on any atom is -0.394 e. The van der Waals surface area contributed by atoms with Gasteiger partial charge in [0.1, 0.15) is 6.04 Å². The highest BCUT2D eigenvalue weighted by Gasteiger charge is 2.76. The molecule has 0 saturated carbocycles. The monoisotopic (exact) mass is 559 g/mol. The Morgan fingerprint density at radius 2 is 1.97 bits per heavy atom. The summed E-state index contributed by atoms with van der Waals surface area (Å²) in [5.74, 6) is -1.71. The fourth-order valence-corrected chi connectivity index (χ4v) is 9.62. The molecule has 0 aliphatic carbocycles. The van der Waals surface area contributed by atoms with Gasteiger partial charge in [0.25, 0.3) is 5.91 Å². The first-order chi connectivity index (χ1) is 18.1. The average Bonchev–Trinajstić information content (AvgIpc) is 3.47. The van der Waals surface area contributed by atoms with E-state index in [1.807, 2.05) is 26.0 Å². The van der Waals surface area contributed by atoms with E-state index in [2.05, 4.69) is 20.1 Å². The van der Waals surface area contributed by atoms with E-state index in [0.29, 0.717) is 23.7 Å². The average molecular weight is 560 g/mol. The molecule has 3 heterocycles. The van der Waals surface area contributed by atoms with E-state index in [1.54, 1.807) is 51.7 Å². The van der Waals surface area contributed by atoms with Gasteiger partial charge in [0.05, 0.1) is 39.9 Å². The van der Waals surface area contributed by atoms with Crippen LogP contribution in [-0.4, -0.2) is 81.5 Å². The van der Waals surface area contributed by atoms with Crippen LogP contribution in [0.25, 0.3) is 0 Å². The zero-order valence-corrected chi connectivity index (χ0v) is 24.2. The Bertz CT molecular complexity index is 1120. The molecule has 1 N–H and O–H groups in total. The van der Waals surface area contributed by atoms with Gasteiger partial charge in [-0.1, -0.05) is 49.7 Å². The van der Waals surface area contributed by atoms with E-state index in [9.17, 15) is 19.5 Å². The Morgan fingerprint density at radius 3 is 2.55 bits per heavy atom. The number of thioether (sulfide) groups is 1. The number of para-hydroxylation sites is 1. The van der Waals surface area contributed by atoms with E-state index in [1.165, 1.54) is 0 Å². The molecule has 9 heteroatoms. The first kappa shape index (κ1) is 28.7. The SMILES string of the molecule is C=CCN(C)C(=O)[C@@H]1[C@@H]2CC(C)C3(S2)C(C(=O)N(CC=C)c2c(C)cccc2Cl)N([C@@H](CC)CO)C(=O)[C@H]13. The van der Waals surface area contributed by atoms with Crippen molar-refractivity contribution in [2.45, 2.75) is 55.7 Å². The van der Waals surface area contributed by atoms with Crippen LogP contribution in [0.15, 0.2) is 43.5 Å². The minimum atomic E-state index is -0.847. The molecule has 206 valence electrons. The van der Waals surface area contributed by atoms with Gasteiger partial charge in [0.2, 0.25) is 11.8 Å². The molecule has 1 spiro atoms. The molecule has 3 fully saturated rings. The molecule has 7 atom stereocenters. The Balaban J connectivity index is 1.88. The third-order valence-corrected chi connectivity index (χ3v) is 11.0. The molecule has 3 saturated heterocycles. The summed E-state index contributed by atoms with van der Waals surface area (Å²) >= 11 is 8.25. The number of nitrogens with zero attached hydrogens (tertiary/aromatic N) is 3. The number of hydrogen-bond acceptors (Lipinski definition) is 5. The second kappa shape index (κ2) is 11.1. The smallest absolute Gasteiger partial charge is 0.251 e. The Morgan fingerprint density at radius 1 is 1.29 bits per heavy atom. The molecule has 3 aliphatic rings. The number of carbonyl (C=O) groups is 3. The number of aryl methyl sites for hydroxylation is 1. The van der Waals surface area contributed by atoms with Gasteiger partial charge >= 0.3 is 0 Å². The molecule has 1 aromatic rings. The van der Waals surface area contributed by atoms with Gasteiger partial charge in [-0.2, -0.15) is 0 Å². The molecule has 0 radical (unpaired) electrons. The number of amides is 3. The van der Waals surface area contributed by atoms with Crippen molar-refractivity contribution in [3.63, 3.8) is 0 Å². The molecular formula is C29H38ClN3O4S. The van der Waals surface area contributed by atoms with Crippen molar-refractivity contribution in [1.82, 2.24) is 9.80 Å². The van der Waals surface area contributed by atoms with Gasteiger partial charge in [-0.05, 0) is 37.3 Å². The lowest BCUT2D eigenvalue weighted by Crippen LogP contribution is -2.59. The van der Waals surface area contributed by atoms with Crippen molar-refractivity contribution in [2.24, 2.45) is 17.8 Å². The summed E-state index contributed by atoms with van der Waals surface area (Å²) in [5, 5.41) is 10.7. The number of rotatable bonds is 10. The van der Waals surface area contributed by atoms with Crippen molar-refractivity contribution in [2.75, 3.05) is 31.6 Å². The maximum absolute atomic E-state index is 14.7. The maximum atomic E-state index is 14.7.